The molecule has 12 heteroatoms. The van der Waals surface area contributed by atoms with Crippen LogP contribution in [0.5, 0.6) is 0 Å². The van der Waals surface area contributed by atoms with Crippen molar-refractivity contribution in [2.24, 2.45) is 17.8 Å². The maximum Gasteiger partial charge on any atom is 0.306 e. The van der Waals surface area contributed by atoms with E-state index in [-0.39, 0.29) is 54.9 Å². The molecule has 0 radical (unpaired) electrons. The highest BCUT2D eigenvalue weighted by Crippen LogP contribution is 2.45. The normalized spacial score (nSPS) is 18.3. The van der Waals surface area contributed by atoms with Gasteiger partial charge in [-0.1, -0.05) is 106 Å². The summed E-state index contributed by atoms with van der Waals surface area (Å²) < 4.78 is 18.1. The molecule has 0 bridgehead atoms. The van der Waals surface area contributed by atoms with E-state index in [9.17, 15) is 24.3 Å². The van der Waals surface area contributed by atoms with Crippen LogP contribution in [0.25, 0.3) is 11.1 Å². The van der Waals surface area contributed by atoms with Gasteiger partial charge in [-0.15, -0.1) is 11.3 Å². The zero-order valence-electron chi connectivity index (χ0n) is 38.8. The largest absolute Gasteiger partial charge is 0.465 e. The number of aromatic nitrogens is 1. The Morgan fingerprint density at radius 2 is 1.55 bits per heavy atom. The second-order valence-electron chi connectivity index (χ2n) is 18.3. The molecule has 2 amide bonds. The van der Waals surface area contributed by atoms with E-state index in [1.165, 1.54) is 13.8 Å². The Bertz CT molecular complexity index is 2130. The summed E-state index contributed by atoms with van der Waals surface area (Å²) in [6, 6.07) is 25.4. The molecule has 2 heterocycles. The van der Waals surface area contributed by atoms with Crippen LogP contribution in [0.15, 0.2) is 90.4 Å². The Morgan fingerprint density at radius 3 is 2.12 bits per heavy atom. The van der Waals surface area contributed by atoms with Crippen LogP contribution in [0.1, 0.15) is 107 Å². The summed E-state index contributed by atoms with van der Waals surface area (Å²) in [4.78, 5) is 64.7. The second-order valence-corrected chi connectivity index (χ2v) is 19.3. The van der Waals surface area contributed by atoms with Crippen molar-refractivity contribution in [2.75, 3.05) is 34.4 Å². The molecule has 1 saturated heterocycles. The SMILES string of the molecule is CC[C@H](C)[C@@H]([C@@H](CC(=O)N1CCC[C@H]1[C@H](OC)[C@@H](C)C(=O)C[C@@H](Cc1ccccc1)c1nccs1)OC)N(C)C(=O)[C@@H](CC(=O)OCC1c2ccccc2-c2ccccc21)C(C)(C)O. The lowest BCUT2D eigenvalue weighted by atomic mass is 9.84. The molecular weight excluding hydrogens is 827 g/mol. The van der Waals surface area contributed by atoms with Gasteiger partial charge < -0.3 is 29.1 Å². The highest BCUT2D eigenvalue weighted by Gasteiger charge is 2.45. The van der Waals surface area contributed by atoms with Gasteiger partial charge in [0, 0.05) is 63.6 Å². The van der Waals surface area contributed by atoms with Crippen LogP contribution in [0.2, 0.25) is 0 Å². The first-order chi connectivity index (χ1) is 30.7. The Labute approximate surface area is 383 Å². The van der Waals surface area contributed by atoms with Crippen LogP contribution < -0.4 is 0 Å². The Balaban J connectivity index is 1.12. The number of aliphatic hydroxyl groups is 1. The number of hydrogen-bond acceptors (Lipinski definition) is 10. The van der Waals surface area contributed by atoms with E-state index >= 15 is 0 Å². The second kappa shape index (κ2) is 22.0. The van der Waals surface area contributed by atoms with Gasteiger partial charge in [-0.3, -0.25) is 19.2 Å². The minimum absolute atomic E-state index is 0.0127. The summed E-state index contributed by atoms with van der Waals surface area (Å²) in [5, 5.41) is 14.3. The van der Waals surface area contributed by atoms with Crippen LogP contribution >= 0.6 is 11.3 Å². The zero-order chi connectivity index (χ0) is 46.1. The van der Waals surface area contributed by atoms with Gasteiger partial charge in [0.1, 0.15) is 12.4 Å². The minimum atomic E-state index is -1.57. The number of carbonyl (C=O) groups is 4. The lowest BCUT2D eigenvalue weighted by Crippen LogP contribution is -2.55. The maximum absolute atomic E-state index is 14.6. The maximum atomic E-state index is 14.6. The van der Waals surface area contributed by atoms with Crippen molar-refractivity contribution in [1.82, 2.24) is 14.8 Å². The number of fused-ring (bicyclic) bond motifs is 3. The number of thiazole rings is 1. The van der Waals surface area contributed by atoms with E-state index in [2.05, 4.69) is 29.2 Å². The number of nitrogens with zero attached hydrogens (tertiary/aromatic N) is 3. The first-order valence-corrected chi connectivity index (χ1v) is 23.7. The Kier molecular flexibility index (Phi) is 16.7. The highest BCUT2D eigenvalue weighted by atomic mass is 32.1. The lowest BCUT2D eigenvalue weighted by Gasteiger charge is -2.41. The molecule has 1 fully saturated rings. The van der Waals surface area contributed by atoms with Crippen molar-refractivity contribution in [1.29, 1.82) is 0 Å². The van der Waals surface area contributed by atoms with E-state index in [1.54, 1.807) is 43.7 Å². The predicted molar refractivity (Wildman–Crippen MR) is 250 cm³/mol. The van der Waals surface area contributed by atoms with E-state index in [0.29, 0.717) is 32.2 Å². The fourth-order valence-electron chi connectivity index (χ4n) is 10.1. The van der Waals surface area contributed by atoms with Crippen LogP contribution in [-0.2, 0) is 39.8 Å². The van der Waals surface area contributed by atoms with Crippen LogP contribution in [0, 0.1) is 17.8 Å². The third kappa shape index (κ3) is 11.2. The van der Waals surface area contributed by atoms with Gasteiger partial charge in [0.15, 0.2) is 0 Å². The zero-order valence-corrected chi connectivity index (χ0v) is 39.6. The summed E-state index contributed by atoms with van der Waals surface area (Å²) in [5.74, 6) is -3.03. The Morgan fingerprint density at radius 1 is 0.906 bits per heavy atom. The van der Waals surface area contributed by atoms with Gasteiger partial charge >= 0.3 is 5.97 Å². The molecule has 1 aliphatic heterocycles. The van der Waals surface area contributed by atoms with E-state index in [4.69, 9.17) is 14.2 Å². The van der Waals surface area contributed by atoms with Crippen molar-refractivity contribution >= 4 is 34.9 Å². The number of rotatable bonds is 22. The van der Waals surface area contributed by atoms with Crippen molar-refractivity contribution in [3.63, 3.8) is 0 Å². The first kappa shape index (κ1) is 48.7. The van der Waals surface area contributed by atoms with Gasteiger partial charge in [0.2, 0.25) is 11.8 Å². The molecule has 0 unspecified atom stereocenters. The van der Waals surface area contributed by atoms with E-state index < -0.39 is 47.6 Å². The quantitative estimate of drug-likeness (QED) is 0.0771. The van der Waals surface area contributed by atoms with Crippen LogP contribution in [0.4, 0.5) is 0 Å². The molecular formula is C52H67N3O8S. The van der Waals surface area contributed by atoms with Gasteiger partial charge in [0.25, 0.3) is 0 Å². The number of ketones is 1. The topological polar surface area (TPSA) is 136 Å². The lowest BCUT2D eigenvalue weighted by molar-refractivity contribution is -0.159. The number of amides is 2. The fourth-order valence-corrected chi connectivity index (χ4v) is 10.8. The van der Waals surface area contributed by atoms with Crippen molar-refractivity contribution in [3.8, 4) is 11.1 Å². The third-order valence-corrected chi connectivity index (χ3v) is 14.8. The number of benzene rings is 3. The number of ether oxygens (including phenoxy) is 3. The van der Waals surface area contributed by atoms with Gasteiger partial charge in [-0.2, -0.15) is 0 Å². The summed E-state index contributed by atoms with van der Waals surface area (Å²) in [6.45, 7) is 9.62. The third-order valence-electron chi connectivity index (χ3n) is 13.8. The predicted octanol–water partition coefficient (Wildman–Crippen LogP) is 8.48. The molecule has 3 aromatic carbocycles. The van der Waals surface area contributed by atoms with Crippen LogP contribution in [0.3, 0.4) is 0 Å². The number of likely N-dealkylation sites (tertiary alicyclic amines) is 1. The highest BCUT2D eigenvalue weighted by molar-refractivity contribution is 7.09. The molecule has 1 aromatic heterocycles. The average molecular weight is 894 g/mol. The molecule has 2 aliphatic rings. The van der Waals surface area contributed by atoms with Gasteiger partial charge in [0.05, 0.1) is 53.7 Å². The number of likely N-dealkylation sites (N-methyl/N-ethyl adjacent to an activating group) is 1. The van der Waals surface area contributed by atoms with Gasteiger partial charge in [-0.25, -0.2) is 4.98 Å². The molecule has 1 aliphatic carbocycles. The molecule has 0 saturated carbocycles. The summed E-state index contributed by atoms with van der Waals surface area (Å²) in [5.41, 5.74) is 3.97. The summed E-state index contributed by atoms with van der Waals surface area (Å²) >= 11 is 1.56. The van der Waals surface area contributed by atoms with Crippen molar-refractivity contribution in [3.05, 3.63) is 112 Å². The van der Waals surface area contributed by atoms with Gasteiger partial charge in [-0.05, 0) is 66.8 Å². The standard InChI is InChI=1S/C52H67N3O8S/c1-9-33(2)48(54(6)51(59)42(52(4,5)60)30-47(58)63-32-41-39-22-15-13-20-37(39)38-21-14-16-23-40(38)41)45(61-7)31-46(57)55-26-17-24-43(55)49(62-8)34(3)44(56)29-36(50-53-25-27-64-50)28-35-18-11-10-12-19-35/h10-16,18-23,25,27,33-34,36,41-43,45,48-49,60H,9,17,24,26,28-32H2,1-8H3/t33-,34-,36+,42+,43-,45+,48-,49+/m0/s1. The number of carbonyl (C=O) groups excluding carboxylic acids is 4. The average Bonchev–Trinajstić information content (AvgIpc) is 4.07. The smallest absolute Gasteiger partial charge is 0.306 e. The Hall–Kier alpha value is -4.75. The number of methoxy groups -OCH3 is 2. The van der Waals surface area contributed by atoms with Crippen LogP contribution in [-0.4, -0.2) is 108 Å². The van der Waals surface area contributed by atoms with E-state index in [0.717, 1.165) is 39.2 Å². The molecule has 6 rings (SSSR count). The number of Topliss-reactive ketones (excluding diaryl/α,β-unsaturated/α-hetero) is 1. The number of esters is 1. The molecule has 8 atom stereocenters. The van der Waals surface area contributed by atoms with Crippen molar-refractivity contribution < 1.29 is 38.5 Å². The molecule has 64 heavy (non-hydrogen) atoms. The van der Waals surface area contributed by atoms with Crippen molar-refractivity contribution in [2.45, 2.75) is 121 Å². The monoisotopic (exact) mass is 893 g/mol. The summed E-state index contributed by atoms with van der Waals surface area (Å²) in [6.07, 6.45) is 3.35. The first-order valence-electron chi connectivity index (χ1n) is 22.8. The molecule has 1 N–H and O–H groups in total. The minimum Gasteiger partial charge on any atom is -0.465 e. The molecule has 4 aromatic rings. The number of hydrogen-bond donors (Lipinski definition) is 1. The fraction of sp³-hybridized carbons (Fsp3) is 0.519. The summed E-state index contributed by atoms with van der Waals surface area (Å²) in [7, 11) is 4.82. The molecule has 344 valence electrons. The molecule has 0 spiro atoms. The molecule has 11 nitrogen and oxygen atoms in total. The van der Waals surface area contributed by atoms with E-state index in [1.807, 2.05) is 85.6 Å².